The summed E-state index contributed by atoms with van der Waals surface area (Å²) < 4.78 is 0. The van der Waals surface area contributed by atoms with Gasteiger partial charge in [0.05, 0.1) is 0 Å². The van der Waals surface area contributed by atoms with Gasteiger partial charge in [-0.05, 0) is 42.4 Å². The molecule has 3 fully saturated rings. The van der Waals surface area contributed by atoms with Gasteiger partial charge in [0.2, 0.25) is 0 Å². The number of hydrogen-bond acceptors (Lipinski definition) is 0. The second-order valence-corrected chi connectivity index (χ2v) is 5.11. The zero-order chi connectivity index (χ0) is 8.06. The molecule has 3 rings (SSSR count). The summed E-state index contributed by atoms with van der Waals surface area (Å²) >= 11 is 0. The first-order valence-electron chi connectivity index (χ1n) is 5.16. The Bertz CT molecular complexity index is 155. The van der Waals surface area contributed by atoms with Gasteiger partial charge in [-0.25, -0.2) is 0 Å². The van der Waals surface area contributed by atoms with E-state index in [0.29, 0.717) is 5.41 Å². The predicted molar refractivity (Wildman–Crippen MR) is 48.4 cm³/mol. The van der Waals surface area contributed by atoms with Crippen molar-refractivity contribution in [1.29, 1.82) is 0 Å². The van der Waals surface area contributed by atoms with Gasteiger partial charge in [-0.15, -0.1) is 0 Å². The first kappa shape index (κ1) is 7.64. The lowest BCUT2D eigenvalue weighted by Crippen LogP contribution is -2.52. The molecular formula is C11H20. The zero-order valence-corrected chi connectivity index (χ0v) is 8.06. The quantitative estimate of drug-likeness (QED) is 0.539. The predicted octanol–water partition coefficient (Wildman–Crippen LogP) is 3.47. The fourth-order valence-corrected chi connectivity index (χ4v) is 3.45. The molecule has 0 heteroatoms. The van der Waals surface area contributed by atoms with E-state index in [0.717, 1.165) is 17.8 Å². The second-order valence-electron chi connectivity index (χ2n) is 5.11. The minimum atomic E-state index is 0.707. The summed E-state index contributed by atoms with van der Waals surface area (Å²) in [6, 6.07) is 0. The van der Waals surface area contributed by atoms with Crippen LogP contribution >= 0.6 is 0 Å². The molecular weight excluding hydrogens is 132 g/mol. The molecule has 0 aliphatic heterocycles. The van der Waals surface area contributed by atoms with Crippen LogP contribution in [0.4, 0.5) is 0 Å². The molecule has 1 unspecified atom stereocenters. The van der Waals surface area contributed by atoms with E-state index < -0.39 is 0 Å². The maximum Gasteiger partial charge on any atom is -0.0295 e. The number of hydrogen-bond donors (Lipinski definition) is 0. The van der Waals surface area contributed by atoms with Crippen molar-refractivity contribution < 1.29 is 0 Å². The van der Waals surface area contributed by atoms with Gasteiger partial charge in [0, 0.05) is 0 Å². The summed E-state index contributed by atoms with van der Waals surface area (Å²) in [6.45, 7) is 7.32. The lowest BCUT2D eigenvalue weighted by Gasteiger charge is -2.60. The molecule has 0 saturated heterocycles. The summed E-state index contributed by atoms with van der Waals surface area (Å²) in [7, 11) is 0. The third kappa shape index (κ3) is 0.878. The highest BCUT2D eigenvalue weighted by Crippen LogP contribution is 2.61. The zero-order valence-electron chi connectivity index (χ0n) is 8.06. The van der Waals surface area contributed by atoms with Crippen LogP contribution in [0, 0.1) is 23.2 Å². The molecule has 3 aliphatic rings. The Hall–Kier alpha value is 0. The van der Waals surface area contributed by atoms with Crippen molar-refractivity contribution >= 4 is 0 Å². The fraction of sp³-hybridized carbons (Fsp3) is 1.00. The highest BCUT2D eigenvalue weighted by atomic mass is 14.6. The first-order chi connectivity index (χ1) is 5.16. The van der Waals surface area contributed by atoms with Crippen molar-refractivity contribution in [3.63, 3.8) is 0 Å². The summed E-state index contributed by atoms with van der Waals surface area (Å²) in [6.07, 6.45) is 6.00. The molecule has 2 bridgehead atoms. The minimum Gasteiger partial charge on any atom is -0.0651 e. The van der Waals surface area contributed by atoms with Crippen LogP contribution in [0.3, 0.4) is 0 Å². The fourth-order valence-electron chi connectivity index (χ4n) is 3.45. The second kappa shape index (κ2) is 2.24. The molecule has 64 valence electrons. The van der Waals surface area contributed by atoms with Crippen LogP contribution in [0.1, 0.15) is 46.5 Å². The molecule has 0 amide bonds. The molecule has 11 heavy (non-hydrogen) atoms. The van der Waals surface area contributed by atoms with Crippen molar-refractivity contribution in [2.24, 2.45) is 23.2 Å². The summed E-state index contributed by atoms with van der Waals surface area (Å²) in [5.74, 6) is 3.22. The Morgan fingerprint density at radius 2 is 2.00 bits per heavy atom. The van der Waals surface area contributed by atoms with Crippen molar-refractivity contribution in [3.8, 4) is 0 Å². The van der Waals surface area contributed by atoms with E-state index >= 15 is 0 Å². The SMILES string of the molecule is CCC1CC[C@H]2C[C@@H]1C2(C)C. The lowest BCUT2D eigenvalue weighted by molar-refractivity contribution is -0.105. The Morgan fingerprint density at radius 3 is 2.36 bits per heavy atom. The summed E-state index contributed by atoms with van der Waals surface area (Å²) in [4.78, 5) is 0. The molecule has 0 aromatic carbocycles. The van der Waals surface area contributed by atoms with Gasteiger partial charge >= 0.3 is 0 Å². The van der Waals surface area contributed by atoms with Gasteiger partial charge in [0.15, 0.2) is 0 Å². The highest BCUT2D eigenvalue weighted by Gasteiger charge is 2.53. The van der Waals surface area contributed by atoms with Crippen molar-refractivity contribution in [3.05, 3.63) is 0 Å². The van der Waals surface area contributed by atoms with Crippen molar-refractivity contribution in [2.75, 3.05) is 0 Å². The van der Waals surface area contributed by atoms with Crippen LogP contribution in [0.15, 0.2) is 0 Å². The summed E-state index contributed by atoms with van der Waals surface area (Å²) in [5.41, 5.74) is 0.707. The third-order valence-electron chi connectivity index (χ3n) is 4.53. The molecule has 0 aromatic rings. The first-order valence-corrected chi connectivity index (χ1v) is 5.16. The number of rotatable bonds is 1. The van der Waals surface area contributed by atoms with Gasteiger partial charge in [-0.3, -0.25) is 0 Å². The largest absolute Gasteiger partial charge is 0.0651 e. The van der Waals surface area contributed by atoms with E-state index in [9.17, 15) is 0 Å². The summed E-state index contributed by atoms with van der Waals surface area (Å²) in [5, 5.41) is 0. The molecule has 0 radical (unpaired) electrons. The lowest BCUT2D eigenvalue weighted by atomic mass is 9.45. The standard InChI is InChI=1S/C11H20/c1-4-8-5-6-9-7-10(8)11(9,2)3/h8-10H,4-7H2,1-3H3/t8?,9-,10-/m0/s1. The maximum atomic E-state index is 2.48. The van der Waals surface area contributed by atoms with E-state index in [4.69, 9.17) is 0 Å². The molecule has 0 nitrogen and oxygen atoms in total. The van der Waals surface area contributed by atoms with Crippen LogP contribution in [-0.4, -0.2) is 0 Å². The van der Waals surface area contributed by atoms with E-state index in [1.165, 1.54) is 19.3 Å². The van der Waals surface area contributed by atoms with E-state index in [1.54, 1.807) is 6.42 Å². The van der Waals surface area contributed by atoms with E-state index in [1.807, 2.05) is 0 Å². The maximum absolute atomic E-state index is 2.48. The van der Waals surface area contributed by atoms with Crippen LogP contribution in [-0.2, 0) is 0 Å². The van der Waals surface area contributed by atoms with Gasteiger partial charge in [0.25, 0.3) is 0 Å². The Kier molecular flexibility index (Phi) is 1.56. The van der Waals surface area contributed by atoms with Crippen LogP contribution in [0.25, 0.3) is 0 Å². The Morgan fingerprint density at radius 1 is 1.27 bits per heavy atom. The normalized spacial score (nSPS) is 46.6. The van der Waals surface area contributed by atoms with E-state index in [2.05, 4.69) is 20.8 Å². The minimum absolute atomic E-state index is 0.707. The van der Waals surface area contributed by atoms with Gasteiger partial charge < -0.3 is 0 Å². The molecule has 0 spiro atoms. The number of fused-ring (bicyclic) bond motifs is 2. The average Bonchev–Trinajstić information content (AvgIpc) is 2.04. The molecule has 3 aliphatic carbocycles. The molecule has 0 heterocycles. The van der Waals surface area contributed by atoms with Gasteiger partial charge in [0.1, 0.15) is 0 Å². The van der Waals surface area contributed by atoms with Crippen LogP contribution in [0.2, 0.25) is 0 Å². The van der Waals surface area contributed by atoms with Crippen LogP contribution in [0.5, 0.6) is 0 Å². The van der Waals surface area contributed by atoms with Gasteiger partial charge in [-0.2, -0.15) is 0 Å². The average molecular weight is 152 g/mol. The van der Waals surface area contributed by atoms with Crippen molar-refractivity contribution in [1.82, 2.24) is 0 Å². The molecule has 3 saturated carbocycles. The Labute approximate surface area is 70.4 Å². The highest BCUT2D eigenvalue weighted by molar-refractivity contribution is 5.02. The van der Waals surface area contributed by atoms with Crippen LogP contribution < -0.4 is 0 Å². The van der Waals surface area contributed by atoms with Crippen molar-refractivity contribution in [2.45, 2.75) is 46.5 Å². The smallest absolute Gasteiger partial charge is 0.0295 e. The Balaban J connectivity index is 2.10. The molecule has 0 aromatic heterocycles. The van der Waals surface area contributed by atoms with E-state index in [-0.39, 0.29) is 0 Å². The molecule has 0 N–H and O–H groups in total. The molecule has 3 atom stereocenters. The topological polar surface area (TPSA) is 0 Å². The monoisotopic (exact) mass is 152 g/mol. The third-order valence-corrected chi connectivity index (χ3v) is 4.53. The van der Waals surface area contributed by atoms with Gasteiger partial charge in [-0.1, -0.05) is 27.2 Å².